The molecule has 5 heteroatoms. The highest BCUT2D eigenvalue weighted by molar-refractivity contribution is 6.33. The van der Waals surface area contributed by atoms with Gasteiger partial charge in [-0.25, -0.2) is 4.39 Å². The van der Waals surface area contributed by atoms with Crippen LogP contribution in [0.1, 0.15) is 24.2 Å². The van der Waals surface area contributed by atoms with Crippen molar-refractivity contribution >= 4 is 17.5 Å². The van der Waals surface area contributed by atoms with Gasteiger partial charge in [-0.1, -0.05) is 11.6 Å². The molecule has 0 radical (unpaired) electrons. The van der Waals surface area contributed by atoms with Crippen LogP contribution in [-0.2, 0) is 4.74 Å². The minimum atomic E-state index is -0.444. The lowest BCUT2D eigenvalue weighted by Crippen LogP contribution is -2.50. The fraction of sp³-hybridized carbons (Fsp3) is 0.462. The summed E-state index contributed by atoms with van der Waals surface area (Å²) in [5.74, 6) is -0.623. The summed E-state index contributed by atoms with van der Waals surface area (Å²) in [6.07, 6.45) is 0.00405. The van der Waals surface area contributed by atoms with Crippen molar-refractivity contribution in [3.05, 3.63) is 34.6 Å². The smallest absolute Gasteiger partial charge is 0.255 e. The van der Waals surface area contributed by atoms with E-state index in [0.717, 1.165) is 6.07 Å². The number of carbonyl (C=O) groups is 1. The predicted molar refractivity (Wildman–Crippen MR) is 67.3 cm³/mol. The van der Waals surface area contributed by atoms with Gasteiger partial charge in [-0.05, 0) is 32.0 Å². The standard InChI is InChI=1S/C13H15ClFNO2/c1-8-7-18-9(2)6-16(8)13(17)11-4-3-10(15)5-12(11)14/h3-5,8-9H,6-7H2,1-2H3. The summed E-state index contributed by atoms with van der Waals surface area (Å²) in [5, 5.41) is 0.145. The molecular formula is C13H15ClFNO2. The molecule has 0 aromatic heterocycles. The maximum Gasteiger partial charge on any atom is 0.255 e. The Labute approximate surface area is 110 Å². The minimum Gasteiger partial charge on any atom is -0.375 e. The normalized spacial score (nSPS) is 24.1. The molecule has 18 heavy (non-hydrogen) atoms. The van der Waals surface area contributed by atoms with E-state index in [-0.39, 0.29) is 23.1 Å². The van der Waals surface area contributed by atoms with Crippen molar-refractivity contribution in [1.29, 1.82) is 0 Å². The van der Waals surface area contributed by atoms with Crippen molar-refractivity contribution in [3.63, 3.8) is 0 Å². The molecule has 98 valence electrons. The molecule has 1 fully saturated rings. The Morgan fingerprint density at radius 2 is 2.22 bits per heavy atom. The number of morpholine rings is 1. The Balaban J connectivity index is 2.24. The molecule has 1 heterocycles. The third kappa shape index (κ3) is 2.65. The van der Waals surface area contributed by atoms with Crippen LogP contribution < -0.4 is 0 Å². The number of rotatable bonds is 1. The lowest BCUT2D eigenvalue weighted by molar-refractivity contribution is -0.0387. The summed E-state index contributed by atoms with van der Waals surface area (Å²) < 4.78 is 18.4. The molecule has 2 rings (SSSR count). The highest BCUT2D eigenvalue weighted by atomic mass is 35.5. The Kier molecular flexibility index (Phi) is 3.88. The number of carbonyl (C=O) groups excluding carboxylic acids is 1. The molecule has 0 saturated carbocycles. The van der Waals surface area contributed by atoms with Crippen molar-refractivity contribution in [2.75, 3.05) is 13.2 Å². The first kappa shape index (κ1) is 13.3. The van der Waals surface area contributed by atoms with Crippen LogP contribution in [0, 0.1) is 5.82 Å². The predicted octanol–water partition coefficient (Wildman–Crippen LogP) is 2.73. The lowest BCUT2D eigenvalue weighted by Gasteiger charge is -2.37. The molecule has 2 unspecified atom stereocenters. The van der Waals surface area contributed by atoms with Gasteiger partial charge >= 0.3 is 0 Å². The van der Waals surface area contributed by atoms with Gasteiger partial charge in [-0.2, -0.15) is 0 Å². The SMILES string of the molecule is CC1CN(C(=O)c2ccc(F)cc2Cl)C(C)CO1. The van der Waals surface area contributed by atoms with Gasteiger partial charge in [0.1, 0.15) is 5.82 Å². The van der Waals surface area contributed by atoms with Crippen molar-refractivity contribution < 1.29 is 13.9 Å². The van der Waals surface area contributed by atoms with Crippen molar-refractivity contribution in [2.45, 2.75) is 26.0 Å². The van der Waals surface area contributed by atoms with E-state index in [4.69, 9.17) is 16.3 Å². The lowest BCUT2D eigenvalue weighted by atomic mass is 10.1. The van der Waals surface area contributed by atoms with Crippen LogP contribution in [0.4, 0.5) is 4.39 Å². The Morgan fingerprint density at radius 3 is 2.89 bits per heavy atom. The molecule has 0 spiro atoms. The average molecular weight is 272 g/mol. The van der Waals surface area contributed by atoms with Crippen LogP contribution in [0.15, 0.2) is 18.2 Å². The summed E-state index contributed by atoms with van der Waals surface area (Å²) in [6, 6.07) is 3.82. The number of nitrogens with zero attached hydrogens (tertiary/aromatic N) is 1. The number of hydrogen-bond donors (Lipinski definition) is 0. The van der Waals surface area contributed by atoms with Gasteiger partial charge in [0, 0.05) is 6.54 Å². The van der Waals surface area contributed by atoms with Crippen molar-refractivity contribution in [3.8, 4) is 0 Å². The van der Waals surface area contributed by atoms with E-state index in [1.807, 2.05) is 13.8 Å². The van der Waals surface area contributed by atoms with E-state index in [1.165, 1.54) is 12.1 Å². The Bertz CT molecular complexity index is 466. The summed E-state index contributed by atoms with van der Waals surface area (Å²) in [6.45, 7) is 4.86. The van der Waals surface area contributed by atoms with E-state index in [9.17, 15) is 9.18 Å². The van der Waals surface area contributed by atoms with E-state index in [0.29, 0.717) is 18.7 Å². The van der Waals surface area contributed by atoms with Crippen LogP contribution in [0.3, 0.4) is 0 Å². The van der Waals surface area contributed by atoms with Gasteiger partial charge in [0.05, 0.1) is 29.3 Å². The molecule has 1 aromatic rings. The third-order valence-corrected chi connectivity index (χ3v) is 3.34. The number of amides is 1. The van der Waals surface area contributed by atoms with Gasteiger partial charge < -0.3 is 9.64 Å². The first-order valence-corrected chi connectivity index (χ1v) is 6.24. The fourth-order valence-electron chi connectivity index (χ4n) is 2.00. The number of halogens is 2. The highest BCUT2D eigenvalue weighted by Crippen LogP contribution is 2.22. The Hall–Kier alpha value is -1.13. The van der Waals surface area contributed by atoms with Gasteiger partial charge in [0.25, 0.3) is 5.91 Å². The zero-order chi connectivity index (χ0) is 13.3. The monoisotopic (exact) mass is 271 g/mol. The first-order chi connectivity index (χ1) is 8.49. The number of ether oxygens (including phenoxy) is 1. The first-order valence-electron chi connectivity index (χ1n) is 5.86. The summed E-state index contributed by atoms with van der Waals surface area (Å²) in [5.41, 5.74) is 0.332. The number of benzene rings is 1. The second kappa shape index (κ2) is 5.24. The highest BCUT2D eigenvalue weighted by Gasteiger charge is 2.29. The second-order valence-electron chi connectivity index (χ2n) is 4.57. The largest absolute Gasteiger partial charge is 0.375 e. The molecule has 1 aliphatic heterocycles. The molecule has 3 nitrogen and oxygen atoms in total. The summed E-state index contributed by atoms with van der Waals surface area (Å²) >= 11 is 5.91. The van der Waals surface area contributed by atoms with Gasteiger partial charge in [-0.3, -0.25) is 4.79 Å². The second-order valence-corrected chi connectivity index (χ2v) is 4.98. The molecule has 1 saturated heterocycles. The zero-order valence-corrected chi connectivity index (χ0v) is 11.1. The molecule has 2 atom stereocenters. The van der Waals surface area contributed by atoms with Crippen LogP contribution in [0.25, 0.3) is 0 Å². The quantitative estimate of drug-likeness (QED) is 0.786. The minimum absolute atomic E-state index is 0.00405. The van der Waals surface area contributed by atoms with E-state index >= 15 is 0 Å². The maximum atomic E-state index is 13.0. The summed E-state index contributed by atoms with van der Waals surface area (Å²) in [7, 11) is 0. The van der Waals surface area contributed by atoms with Gasteiger partial charge in [0.15, 0.2) is 0 Å². The van der Waals surface area contributed by atoms with Crippen LogP contribution in [0.5, 0.6) is 0 Å². The van der Waals surface area contributed by atoms with Crippen molar-refractivity contribution in [2.24, 2.45) is 0 Å². The van der Waals surface area contributed by atoms with Crippen LogP contribution in [-0.4, -0.2) is 36.1 Å². The van der Waals surface area contributed by atoms with Crippen molar-refractivity contribution in [1.82, 2.24) is 4.90 Å². The molecule has 0 N–H and O–H groups in total. The molecule has 1 aliphatic rings. The average Bonchev–Trinajstić information content (AvgIpc) is 2.31. The van der Waals surface area contributed by atoms with Crippen LogP contribution in [0.2, 0.25) is 5.02 Å². The molecule has 1 amide bonds. The molecule has 0 aliphatic carbocycles. The third-order valence-electron chi connectivity index (χ3n) is 3.03. The molecular weight excluding hydrogens is 257 g/mol. The molecule has 1 aromatic carbocycles. The maximum absolute atomic E-state index is 13.0. The Morgan fingerprint density at radius 1 is 1.50 bits per heavy atom. The van der Waals surface area contributed by atoms with Crippen LogP contribution >= 0.6 is 11.6 Å². The fourth-order valence-corrected chi connectivity index (χ4v) is 2.25. The van der Waals surface area contributed by atoms with E-state index in [1.54, 1.807) is 4.90 Å². The zero-order valence-electron chi connectivity index (χ0n) is 10.3. The van der Waals surface area contributed by atoms with E-state index < -0.39 is 5.82 Å². The van der Waals surface area contributed by atoms with Gasteiger partial charge in [0.2, 0.25) is 0 Å². The van der Waals surface area contributed by atoms with E-state index in [2.05, 4.69) is 0 Å². The van der Waals surface area contributed by atoms with Gasteiger partial charge in [-0.15, -0.1) is 0 Å². The number of hydrogen-bond acceptors (Lipinski definition) is 2. The molecule has 0 bridgehead atoms. The summed E-state index contributed by atoms with van der Waals surface area (Å²) in [4.78, 5) is 14.1. The topological polar surface area (TPSA) is 29.5 Å².